The number of anilines is 1. The van der Waals surface area contributed by atoms with Crippen LogP contribution in [0, 0.1) is 0 Å². The Bertz CT molecular complexity index is 504. The van der Waals surface area contributed by atoms with Gasteiger partial charge in [0, 0.05) is 18.8 Å². The topological polar surface area (TPSA) is 61.8 Å². The zero-order valence-corrected chi connectivity index (χ0v) is 12.9. The number of thiocarbonyl (C=S) groups is 1. The summed E-state index contributed by atoms with van der Waals surface area (Å²) in [6, 6.07) is 6.99. The molecule has 0 radical (unpaired) electrons. The molecule has 0 aliphatic carbocycles. The van der Waals surface area contributed by atoms with E-state index >= 15 is 0 Å². The molecule has 1 aliphatic rings. The lowest BCUT2D eigenvalue weighted by atomic mass is 10.1. The third kappa shape index (κ3) is 4.41. The number of aliphatic hydroxyl groups excluding tert-OH is 1. The van der Waals surface area contributed by atoms with E-state index < -0.39 is 0 Å². The average Bonchev–Trinajstić information content (AvgIpc) is 2.48. The zero-order valence-electron chi connectivity index (χ0n) is 12.0. The number of nitrogens with zero attached hydrogens (tertiary/aromatic N) is 1. The Balaban J connectivity index is 1.93. The Morgan fingerprint density at radius 1 is 1.48 bits per heavy atom. The van der Waals surface area contributed by atoms with Crippen molar-refractivity contribution in [3.63, 3.8) is 0 Å². The first-order valence-electron chi connectivity index (χ1n) is 7.11. The highest BCUT2D eigenvalue weighted by Crippen LogP contribution is 2.14. The Labute approximate surface area is 129 Å². The Hall–Kier alpha value is -1.66. The van der Waals surface area contributed by atoms with Crippen LogP contribution in [0.2, 0.25) is 0 Å². The molecule has 2 rings (SSSR count). The number of esters is 1. The molecule has 1 heterocycles. The summed E-state index contributed by atoms with van der Waals surface area (Å²) < 4.78 is 4.93. The van der Waals surface area contributed by atoms with Gasteiger partial charge in [-0.25, -0.2) is 4.79 Å². The number of piperidine rings is 1. The number of aliphatic hydroxyl groups is 1. The Morgan fingerprint density at radius 2 is 2.19 bits per heavy atom. The largest absolute Gasteiger partial charge is 0.462 e. The van der Waals surface area contributed by atoms with E-state index in [9.17, 15) is 9.90 Å². The summed E-state index contributed by atoms with van der Waals surface area (Å²) in [5.74, 6) is -0.328. The van der Waals surface area contributed by atoms with E-state index in [2.05, 4.69) is 5.32 Å². The number of ether oxygens (including phenoxy) is 1. The lowest BCUT2D eigenvalue weighted by Crippen LogP contribution is -2.44. The lowest BCUT2D eigenvalue weighted by Gasteiger charge is -2.32. The van der Waals surface area contributed by atoms with Gasteiger partial charge in [-0.05, 0) is 56.2 Å². The maximum Gasteiger partial charge on any atom is 0.338 e. The molecule has 0 saturated carbocycles. The van der Waals surface area contributed by atoms with E-state index in [-0.39, 0.29) is 12.1 Å². The van der Waals surface area contributed by atoms with Crippen LogP contribution >= 0.6 is 12.2 Å². The molecule has 1 atom stereocenters. The number of carbonyl (C=O) groups excluding carboxylic acids is 1. The molecule has 1 unspecified atom stereocenters. The van der Waals surface area contributed by atoms with Gasteiger partial charge in [0.15, 0.2) is 5.11 Å². The summed E-state index contributed by atoms with van der Waals surface area (Å²) in [6.07, 6.45) is 1.45. The van der Waals surface area contributed by atoms with Gasteiger partial charge < -0.3 is 20.1 Å². The molecule has 0 spiro atoms. The van der Waals surface area contributed by atoms with Gasteiger partial charge in [0.05, 0.1) is 18.3 Å². The van der Waals surface area contributed by atoms with Crippen LogP contribution in [0.1, 0.15) is 30.1 Å². The smallest absolute Gasteiger partial charge is 0.338 e. The Kier molecular flexibility index (Phi) is 5.52. The van der Waals surface area contributed by atoms with Crippen LogP contribution in [0.25, 0.3) is 0 Å². The summed E-state index contributed by atoms with van der Waals surface area (Å²) in [4.78, 5) is 13.5. The molecule has 1 aromatic rings. The molecule has 5 nitrogen and oxygen atoms in total. The van der Waals surface area contributed by atoms with Crippen molar-refractivity contribution in [1.29, 1.82) is 0 Å². The molecule has 21 heavy (non-hydrogen) atoms. The van der Waals surface area contributed by atoms with E-state index in [1.807, 2.05) is 4.90 Å². The summed E-state index contributed by atoms with van der Waals surface area (Å²) >= 11 is 5.35. The second-order valence-corrected chi connectivity index (χ2v) is 5.36. The molecule has 1 fully saturated rings. The van der Waals surface area contributed by atoms with Crippen LogP contribution in [0.15, 0.2) is 24.3 Å². The molecule has 1 aliphatic heterocycles. The van der Waals surface area contributed by atoms with Gasteiger partial charge in [0.1, 0.15) is 0 Å². The van der Waals surface area contributed by atoms with Gasteiger partial charge in [-0.15, -0.1) is 0 Å². The second kappa shape index (κ2) is 7.38. The van der Waals surface area contributed by atoms with E-state index in [4.69, 9.17) is 17.0 Å². The van der Waals surface area contributed by atoms with Crippen molar-refractivity contribution in [2.45, 2.75) is 25.9 Å². The van der Waals surface area contributed by atoms with Crippen molar-refractivity contribution in [2.75, 3.05) is 25.0 Å². The van der Waals surface area contributed by atoms with Crippen LogP contribution in [0.5, 0.6) is 0 Å². The van der Waals surface area contributed by atoms with Crippen molar-refractivity contribution in [2.24, 2.45) is 0 Å². The summed E-state index contributed by atoms with van der Waals surface area (Å²) in [6.45, 7) is 3.55. The fourth-order valence-corrected chi connectivity index (χ4v) is 2.53. The number of hydrogen-bond acceptors (Lipinski definition) is 4. The van der Waals surface area contributed by atoms with Crippen molar-refractivity contribution >= 4 is 29.0 Å². The first-order chi connectivity index (χ1) is 10.1. The molecule has 2 N–H and O–H groups in total. The standard InChI is InChI=1S/C15H20N2O3S/c1-2-20-14(19)11-5-7-12(8-6-11)16-15(21)17-9-3-4-13(18)10-17/h5-8,13,18H,2-4,9-10H2,1H3,(H,16,21). The minimum absolute atomic E-state index is 0.315. The Morgan fingerprint density at radius 3 is 2.81 bits per heavy atom. The maximum atomic E-state index is 11.6. The predicted octanol–water partition coefficient (Wildman–Crippen LogP) is 2.02. The number of rotatable bonds is 3. The highest BCUT2D eigenvalue weighted by Gasteiger charge is 2.19. The van der Waals surface area contributed by atoms with Gasteiger partial charge >= 0.3 is 5.97 Å². The molecule has 6 heteroatoms. The normalized spacial score (nSPS) is 18.2. The number of carbonyl (C=O) groups is 1. The number of benzene rings is 1. The van der Waals surface area contributed by atoms with E-state index in [1.54, 1.807) is 31.2 Å². The van der Waals surface area contributed by atoms with Gasteiger partial charge in [-0.3, -0.25) is 0 Å². The SMILES string of the molecule is CCOC(=O)c1ccc(NC(=S)N2CCCC(O)C2)cc1. The fraction of sp³-hybridized carbons (Fsp3) is 0.467. The lowest BCUT2D eigenvalue weighted by molar-refractivity contribution is 0.0526. The van der Waals surface area contributed by atoms with E-state index in [0.29, 0.717) is 23.8 Å². The van der Waals surface area contributed by atoms with Crippen molar-refractivity contribution in [1.82, 2.24) is 4.90 Å². The summed E-state index contributed by atoms with van der Waals surface area (Å²) in [5, 5.41) is 13.4. The van der Waals surface area contributed by atoms with Crippen LogP contribution in [0.4, 0.5) is 5.69 Å². The third-order valence-corrected chi connectivity index (χ3v) is 3.69. The minimum Gasteiger partial charge on any atom is -0.462 e. The molecule has 114 valence electrons. The van der Waals surface area contributed by atoms with Crippen molar-refractivity contribution in [3.8, 4) is 0 Å². The first-order valence-corrected chi connectivity index (χ1v) is 7.52. The average molecular weight is 308 g/mol. The summed E-state index contributed by atoms with van der Waals surface area (Å²) in [7, 11) is 0. The summed E-state index contributed by atoms with van der Waals surface area (Å²) in [5.41, 5.74) is 1.33. The molecular formula is C15H20N2O3S. The number of hydrogen-bond donors (Lipinski definition) is 2. The minimum atomic E-state index is -0.328. The molecule has 0 amide bonds. The first kappa shape index (κ1) is 15.7. The maximum absolute atomic E-state index is 11.6. The molecule has 1 saturated heterocycles. The van der Waals surface area contributed by atoms with Crippen LogP contribution in [-0.2, 0) is 4.74 Å². The second-order valence-electron chi connectivity index (χ2n) is 4.97. The molecule has 1 aromatic carbocycles. The third-order valence-electron chi connectivity index (χ3n) is 3.33. The monoisotopic (exact) mass is 308 g/mol. The highest BCUT2D eigenvalue weighted by molar-refractivity contribution is 7.80. The van der Waals surface area contributed by atoms with Crippen molar-refractivity contribution in [3.05, 3.63) is 29.8 Å². The van der Waals surface area contributed by atoms with E-state index in [0.717, 1.165) is 25.1 Å². The van der Waals surface area contributed by atoms with Crippen LogP contribution in [0.3, 0.4) is 0 Å². The molecule has 0 aromatic heterocycles. The van der Waals surface area contributed by atoms with Gasteiger partial charge in [-0.2, -0.15) is 0 Å². The number of β-amino-alcohol motifs (C(OH)–C–C–N with tert-alkyl or cyclic N) is 1. The van der Waals surface area contributed by atoms with E-state index in [1.165, 1.54) is 0 Å². The number of nitrogens with one attached hydrogen (secondary N) is 1. The van der Waals surface area contributed by atoms with Gasteiger partial charge in [-0.1, -0.05) is 0 Å². The zero-order chi connectivity index (χ0) is 15.2. The van der Waals surface area contributed by atoms with Gasteiger partial charge in [0.25, 0.3) is 0 Å². The number of likely N-dealkylation sites (tertiary alicyclic amines) is 1. The predicted molar refractivity (Wildman–Crippen MR) is 85.4 cm³/mol. The quantitative estimate of drug-likeness (QED) is 0.658. The van der Waals surface area contributed by atoms with Crippen molar-refractivity contribution < 1.29 is 14.6 Å². The highest BCUT2D eigenvalue weighted by atomic mass is 32.1. The van der Waals surface area contributed by atoms with Crippen LogP contribution in [-0.4, -0.2) is 46.9 Å². The van der Waals surface area contributed by atoms with Gasteiger partial charge in [0.2, 0.25) is 0 Å². The molecular weight excluding hydrogens is 288 g/mol. The fourth-order valence-electron chi connectivity index (χ4n) is 2.25. The molecule has 0 bridgehead atoms. The van der Waals surface area contributed by atoms with Crippen LogP contribution < -0.4 is 5.32 Å².